The molecule has 1 amide bonds. The average molecular weight is 754 g/mol. The van der Waals surface area contributed by atoms with Crippen LogP contribution >= 0.6 is 23.2 Å². The third-order valence-electron chi connectivity index (χ3n) is 10.3. The minimum absolute atomic E-state index is 0.127. The Bertz CT molecular complexity index is 2480. The number of imidazole rings is 1. The largest absolute Gasteiger partial charge is 0.444 e. The molecular formula is C40H35Cl2FN6O4. The van der Waals surface area contributed by atoms with Gasteiger partial charge in [-0.25, -0.2) is 9.37 Å². The number of hydrogen-bond donors (Lipinski definition) is 2. The number of halogens is 3. The lowest BCUT2D eigenvalue weighted by molar-refractivity contribution is -0.0708. The smallest absolute Gasteiger partial charge is 0.278 e. The number of hydrogen-bond acceptors (Lipinski definition) is 7. The van der Waals surface area contributed by atoms with Crippen LogP contribution in [-0.4, -0.2) is 56.4 Å². The van der Waals surface area contributed by atoms with Crippen molar-refractivity contribution in [2.75, 3.05) is 25.0 Å². The van der Waals surface area contributed by atoms with Gasteiger partial charge in [-0.3, -0.25) is 14.8 Å². The zero-order valence-electron chi connectivity index (χ0n) is 29.0. The third kappa shape index (κ3) is 6.21. The summed E-state index contributed by atoms with van der Waals surface area (Å²) in [7, 11) is 0. The van der Waals surface area contributed by atoms with E-state index in [9.17, 15) is 9.18 Å². The summed E-state index contributed by atoms with van der Waals surface area (Å²) >= 11 is 12.5. The molecule has 270 valence electrons. The summed E-state index contributed by atoms with van der Waals surface area (Å²) in [5, 5.41) is 11.8. The number of amides is 1. The Hall–Kier alpha value is -4.94. The summed E-state index contributed by atoms with van der Waals surface area (Å²) in [6, 6.07) is 19.5. The Morgan fingerprint density at radius 1 is 1.11 bits per heavy atom. The number of carbonyl (C=O) groups excluding carboxylic acids is 1. The van der Waals surface area contributed by atoms with Gasteiger partial charge in [0.05, 0.1) is 40.8 Å². The fourth-order valence-corrected chi connectivity index (χ4v) is 7.82. The summed E-state index contributed by atoms with van der Waals surface area (Å²) in [6.45, 7) is 7.19. The van der Waals surface area contributed by atoms with Crippen LogP contribution in [0.3, 0.4) is 0 Å². The number of aromatic nitrogens is 4. The van der Waals surface area contributed by atoms with Crippen molar-refractivity contribution in [3.05, 3.63) is 117 Å². The minimum atomic E-state index is -1.32. The Labute approximate surface area is 314 Å². The maximum Gasteiger partial charge on any atom is 0.278 e. The number of anilines is 1. The number of nitrogens with zero attached hydrogens (tertiary/aromatic N) is 4. The molecule has 53 heavy (non-hydrogen) atoms. The average Bonchev–Trinajstić information content (AvgIpc) is 3.78. The van der Waals surface area contributed by atoms with Gasteiger partial charge < -0.3 is 24.1 Å². The van der Waals surface area contributed by atoms with Crippen molar-refractivity contribution in [2.24, 2.45) is 0 Å². The lowest BCUT2D eigenvalue weighted by Gasteiger charge is -2.29. The van der Waals surface area contributed by atoms with Gasteiger partial charge in [0.2, 0.25) is 0 Å². The van der Waals surface area contributed by atoms with E-state index in [4.69, 9.17) is 42.4 Å². The van der Waals surface area contributed by atoms with Gasteiger partial charge in [-0.1, -0.05) is 41.4 Å². The van der Waals surface area contributed by atoms with Gasteiger partial charge in [-0.05, 0) is 79.9 Å². The van der Waals surface area contributed by atoms with Crippen molar-refractivity contribution in [3.63, 3.8) is 0 Å². The van der Waals surface area contributed by atoms with Crippen LogP contribution in [-0.2, 0) is 23.6 Å². The van der Waals surface area contributed by atoms with E-state index in [1.165, 1.54) is 6.07 Å². The summed E-state index contributed by atoms with van der Waals surface area (Å²) in [5.41, 5.74) is 6.68. The molecule has 1 saturated heterocycles. The molecule has 0 radical (unpaired) electrons. The van der Waals surface area contributed by atoms with Crippen LogP contribution in [0.25, 0.3) is 27.5 Å². The van der Waals surface area contributed by atoms with E-state index in [2.05, 4.69) is 31.1 Å². The topological polar surface area (TPSA) is 107 Å². The highest BCUT2D eigenvalue weighted by molar-refractivity contribution is 6.35. The molecule has 1 unspecified atom stereocenters. The molecule has 3 aliphatic rings. The number of para-hydroxylation sites is 1. The summed E-state index contributed by atoms with van der Waals surface area (Å²) in [4.78, 5) is 20.9. The maximum atomic E-state index is 14.9. The molecule has 0 saturated carbocycles. The number of rotatable bonds is 8. The van der Waals surface area contributed by atoms with Gasteiger partial charge in [0.15, 0.2) is 11.5 Å². The molecule has 2 atom stereocenters. The number of carbonyl (C=O) groups is 1. The zero-order valence-corrected chi connectivity index (χ0v) is 30.5. The molecule has 0 bridgehead atoms. The predicted molar refractivity (Wildman–Crippen MR) is 202 cm³/mol. The predicted octanol–water partition coefficient (Wildman–Crippen LogP) is 8.64. The molecule has 9 rings (SSSR count). The second-order valence-electron chi connectivity index (χ2n) is 13.9. The number of ether oxygens (including phenoxy) is 3. The molecule has 5 heterocycles. The van der Waals surface area contributed by atoms with Crippen LogP contribution in [0.1, 0.15) is 52.8 Å². The molecule has 4 aromatic carbocycles. The van der Waals surface area contributed by atoms with E-state index in [-0.39, 0.29) is 17.6 Å². The zero-order chi connectivity index (χ0) is 36.4. The first-order chi connectivity index (χ1) is 25.6. The maximum absolute atomic E-state index is 14.9. The van der Waals surface area contributed by atoms with Crippen molar-refractivity contribution in [2.45, 2.75) is 51.7 Å². The fraction of sp³-hybridized carbons (Fsp3) is 0.275. The molecule has 6 aromatic rings. The van der Waals surface area contributed by atoms with Crippen molar-refractivity contribution in [1.29, 1.82) is 0 Å². The van der Waals surface area contributed by atoms with Gasteiger partial charge in [-0.15, -0.1) is 0 Å². The van der Waals surface area contributed by atoms with E-state index in [0.717, 1.165) is 65.1 Å². The molecule has 3 aliphatic heterocycles. The summed E-state index contributed by atoms with van der Waals surface area (Å²) in [5.74, 6) is 0.0263. The monoisotopic (exact) mass is 752 g/mol. The Morgan fingerprint density at radius 3 is 2.75 bits per heavy atom. The molecule has 2 aromatic heterocycles. The highest BCUT2D eigenvalue weighted by Gasteiger charge is 2.42. The van der Waals surface area contributed by atoms with Gasteiger partial charge in [0.1, 0.15) is 17.2 Å². The summed E-state index contributed by atoms with van der Waals surface area (Å²) in [6.07, 6.45) is 4.11. The first kappa shape index (κ1) is 33.9. The lowest BCUT2D eigenvalue weighted by atomic mass is 9.98. The fourth-order valence-electron chi connectivity index (χ4n) is 7.40. The lowest BCUT2D eigenvalue weighted by Crippen LogP contribution is -2.33. The second-order valence-corrected chi connectivity index (χ2v) is 14.7. The van der Waals surface area contributed by atoms with Crippen LogP contribution in [0, 0.1) is 12.7 Å². The third-order valence-corrected chi connectivity index (χ3v) is 10.9. The molecular weight excluding hydrogens is 718 g/mol. The van der Waals surface area contributed by atoms with E-state index in [1.54, 1.807) is 25.1 Å². The number of fused-ring (bicyclic) bond motifs is 3. The first-order valence-corrected chi connectivity index (χ1v) is 18.3. The van der Waals surface area contributed by atoms with E-state index in [0.29, 0.717) is 57.9 Å². The van der Waals surface area contributed by atoms with Crippen LogP contribution < -0.4 is 14.8 Å². The normalized spacial score (nSPS) is 19.8. The summed E-state index contributed by atoms with van der Waals surface area (Å²) < 4.78 is 35.5. The number of benzene rings is 4. The molecule has 2 N–H and O–H groups in total. The van der Waals surface area contributed by atoms with Gasteiger partial charge in [0, 0.05) is 59.5 Å². The van der Waals surface area contributed by atoms with E-state index >= 15 is 0 Å². The first-order valence-electron chi connectivity index (χ1n) is 17.6. The quantitative estimate of drug-likeness (QED) is 0.160. The Kier molecular flexibility index (Phi) is 8.42. The highest BCUT2D eigenvalue weighted by atomic mass is 35.5. The Morgan fingerprint density at radius 2 is 1.98 bits per heavy atom. The van der Waals surface area contributed by atoms with Crippen molar-refractivity contribution < 1.29 is 23.4 Å². The highest BCUT2D eigenvalue weighted by Crippen LogP contribution is 2.49. The van der Waals surface area contributed by atoms with Gasteiger partial charge >= 0.3 is 0 Å². The van der Waals surface area contributed by atoms with E-state index in [1.807, 2.05) is 49.4 Å². The van der Waals surface area contributed by atoms with Crippen LogP contribution in [0.5, 0.6) is 11.5 Å². The van der Waals surface area contributed by atoms with Crippen LogP contribution in [0.4, 0.5) is 10.1 Å². The Balaban J connectivity index is 0.941. The molecule has 10 nitrogen and oxygen atoms in total. The molecule has 0 aliphatic carbocycles. The number of aryl methyl sites for hydroxylation is 1. The molecule has 1 fully saturated rings. The molecule has 0 spiro atoms. The van der Waals surface area contributed by atoms with Crippen LogP contribution in [0.15, 0.2) is 72.8 Å². The minimum Gasteiger partial charge on any atom is -0.444 e. The van der Waals surface area contributed by atoms with Crippen molar-refractivity contribution in [1.82, 2.24) is 24.6 Å². The van der Waals surface area contributed by atoms with Gasteiger partial charge in [0.25, 0.3) is 11.7 Å². The standard InChI is InChI=1S/C40H35Cl2FN6O4/c1-22-29-18-26(19-31(42)37(29)47-46-22)44-39(50)24-6-9-34-33(16-24)45-36(49(34)20-27-12-15-51-27)21-48-13-10-23(11-14-48)28-4-3-5-35-38(28)53-40(2,52-35)30-8-7-25(41)17-32(30)43/h3-10,16-19,27H,11-15,20-21H2,1-2H3,(H,44,50)(H,46,47)/t27-,40?/m0/s1. The number of H-pyrrole nitrogens is 1. The second kappa shape index (κ2) is 13.2. The molecule has 13 heteroatoms. The SMILES string of the molecule is Cc1[nH]nc2c(Cl)cc(NC(=O)c3ccc4c(c3)nc(CN3CC=C(c5cccc6c5OC(C)(c5ccc(Cl)cc5F)O6)CC3)n4C[C@@H]3CCO3)cc12. The number of nitrogens with one attached hydrogen (secondary N) is 2. The van der Waals surface area contributed by atoms with E-state index < -0.39 is 11.6 Å². The van der Waals surface area contributed by atoms with Crippen LogP contribution in [0.2, 0.25) is 10.0 Å². The number of aromatic amines is 1. The van der Waals surface area contributed by atoms with Crippen molar-refractivity contribution >= 4 is 62.3 Å². The van der Waals surface area contributed by atoms with Crippen molar-refractivity contribution in [3.8, 4) is 11.5 Å². The van der Waals surface area contributed by atoms with Gasteiger partial charge in [-0.2, -0.15) is 5.10 Å².